The lowest BCUT2D eigenvalue weighted by molar-refractivity contribution is 0.302. The van der Waals surface area contributed by atoms with Crippen LogP contribution in [0.25, 0.3) is 10.8 Å². The highest BCUT2D eigenvalue weighted by molar-refractivity contribution is 7.79. The van der Waals surface area contributed by atoms with Gasteiger partial charge >= 0.3 is 11.3 Å². The average molecular weight is 274 g/mol. The molecule has 2 aromatic carbocycles. The Morgan fingerprint density at radius 3 is 2.79 bits per heavy atom. The van der Waals surface area contributed by atoms with Gasteiger partial charge in [0.15, 0.2) is 0 Å². The molecule has 0 spiro atoms. The number of hydrogen-bond donors (Lipinski definition) is 1. The number of hydroxylamine groups is 1. The van der Waals surface area contributed by atoms with E-state index in [9.17, 15) is 4.21 Å². The van der Waals surface area contributed by atoms with Gasteiger partial charge < -0.3 is 0 Å². The molecule has 5 heteroatoms. The molecular formula is C14H14N2O2S. The molecule has 4 nitrogen and oxygen atoms in total. The molecule has 2 aromatic rings. The predicted molar refractivity (Wildman–Crippen MR) is 76.8 cm³/mol. The third kappa shape index (κ3) is 2.67. The molecule has 0 radical (unpaired) electrons. The van der Waals surface area contributed by atoms with E-state index in [0.29, 0.717) is 12.3 Å². The van der Waals surface area contributed by atoms with Crippen molar-refractivity contribution in [3.8, 4) is 0 Å². The van der Waals surface area contributed by atoms with E-state index >= 15 is 0 Å². The highest BCUT2D eigenvalue weighted by Crippen LogP contribution is 2.24. The second-order valence-corrected chi connectivity index (χ2v) is 5.44. The van der Waals surface area contributed by atoms with Crippen molar-refractivity contribution in [2.45, 2.75) is 19.3 Å². The first-order valence-electron chi connectivity index (χ1n) is 6.14. The van der Waals surface area contributed by atoms with E-state index in [0.717, 1.165) is 0 Å². The third-order valence-corrected chi connectivity index (χ3v) is 3.85. The Kier molecular flexibility index (Phi) is 3.31. The van der Waals surface area contributed by atoms with E-state index in [1.807, 2.05) is 12.1 Å². The highest BCUT2D eigenvalue weighted by atomic mass is 32.2. The highest BCUT2D eigenvalue weighted by Gasteiger charge is 2.17. The summed E-state index contributed by atoms with van der Waals surface area (Å²) in [4.78, 5) is 0. The second kappa shape index (κ2) is 5.11. The van der Waals surface area contributed by atoms with Gasteiger partial charge in [0.25, 0.3) is 0 Å². The van der Waals surface area contributed by atoms with Crippen LogP contribution in [0.4, 0.5) is 0 Å². The summed E-state index contributed by atoms with van der Waals surface area (Å²) >= 11 is -1.57. The van der Waals surface area contributed by atoms with Crippen LogP contribution in [0.3, 0.4) is 0 Å². The fourth-order valence-corrected chi connectivity index (χ4v) is 2.71. The van der Waals surface area contributed by atoms with Gasteiger partial charge in [0.2, 0.25) is 0 Å². The maximum absolute atomic E-state index is 11.0. The molecule has 1 aliphatic rings. The first kappa shape index (κ1) is 12.3. The molecule has 0 amide bonds. The van der Waals surface area contributed by atoms with Gasteiger partial charge in [-0.25, -0.2) is 9.69 Å². The third-order valence-electron chi connectivity index (χ3n) is 3.26. The van der Waals surface area contributed by atoms with Crippen LogP contribution < -0.4 is 5.48 Å². The van der Waals surface area contributed by atoms with Crippen LogP contribution in [0.2, 0.25) is 0 Å². The largest absolute Gasteiger partial charge is 0.309 e. The van der Waals surface area contributed by atoms with Crippen molar-refractivity contribution in [3.05, 3.63) is 48.0 Å². The maximum Gasteiger partial charge on any atom is 0.309 e. The SMILES string of the molecule is C[C@@H](CC1=NS(=O)ON1)c1ccc2ccccc2c1. The van der Waals surface area contributed by atoms with Gasteiger partial charge in [-0.15, -0.1) is 4.40 Å². The Bertz CT molecular complexity index is 669. The van der Waals surface area contributed by atoms with Crippen LogP contribution in [0, 0.1) is 0 Å². The molecule has 0 saturated carbocycles. The Morgan fingerprint density at radius 2 is 2.05 bits per heavy atom. The molecule has 3 rings (SSSR count). The predicted octanol–water partition coefficient (Wildman–Crippen LogP) is 2.85. The number of nitrogens with one attached hydrogen (secondary N) is 1. The minimum atomic E-state index is -1.57. The Labute approximate surface area is 114 Å². The molecule has 1 aliphatic heterocycles. The van der Waals surface area contributed by atoms with Gasteiger partial charge in [-0.05, 0) is 22.3 Å². The summed E-state index contributed by atoms with van der Waals surface area (Å²) in [7, 11) is 0. The zero-order valence-corrected chi connectivity index (χ0v) is 11.3. The smallest absolute Gasteiger partial charge is 0.235 e. The number of nitrogens with zero attached hydrogens (tertiary/aromatic N) is 1. The minimum Gasteiger partial charge on any atom is -0.235 e. The molecule has 0 saturated heterocycles. The van der Waals surface area contributed by atoms with E-state index in [-0.39, 0.29) is 5.92 Å². The van der Waals surface area contributed by atoms with Crippen molar-refractivity contribution < 1.29 is 8.49 Å². The summed E-state index contributed by atoms with van der Waals surface area (Å²) < 4.78 is 19.5. The zero-order valence-electron chi connectivity index (χ0n) is 10.5. The first-order chi connectivity index (χ1) is 9.22. The van der Waals surface area contributed by atoms with E-state index in [4.69, 9.17) is 4.28 Å². The minimum absolute atomic E-state index is 0.287. The van der Waals surface area contributed by atoms with Crippen LogP contribution in [-0.2, 0) is 15.6 Å². The summed E-state index contributed by atoms with van der Waals surface area (Å²) in [6.07, 6.45) is 0.685. The van der Waals surface area contributed by atoms with Crippen molar-refractivity contribution in [3.63, 3.8) is 0 Å². The summed E-state index contributed by atoms with van der Waals surface area (Å²) in [5.74, 6) is 0.925. The van der Waals surface area contributed by atoms with Crippen LogP contribution in [0.5, 0.6) is 0 Å². The molecule has 2 atom stereocenters. The first-order valence-corrected chi connectivity index (χ1v) is 7.17. The standard InChI is InChI=1S/C14H14N2O2S/c1-10(8-14-15-18-19(17)16-14)12-7-6-11-4-2-3-5-13(11)9-12/h2-7,9-10H,8H2,1H3,(H,15,16)/t10-,19?/m0/s1. The normalized spacial score (nSPS) is 20.1. The van der Waals surface area contributed by atoms with Crippen LogP contribution in [0.1, 0.15) is 24.8 Å². The number of rotatable bonds is 3. The molecular weight excluding hydrogens is 260 g/mol. The van der Waals surface area contributed by atoms with Crippen molar-refractivity contribution in [1.29, 1.82) is 0 Å². The fourth-order valence-electron chi connectivity index (χ4n) is 2.21. The lowest BCUT2D eigenvalue weighted by Crippen LogP contribution is -2.18. The lowest BCUT2D eigenvalue weighted by atomic mass is 9.95. The Hall–Kier alpha value is -1.72. The fraction of sp³-hybridized carbons (Fsp3) is 0.214. The topological polar surface area (TPSA) is 50.7 Å². The molecule has 19 heavy (non-hydrogen) atoms. The zero-order chi connectivity index (χ0) is 13.2. The van der Waals surface area contributed by atoms with Crippen molar-refractivity contribution >= 4 is 27.9 Å². The quantitative estimate of drug-likeness (QED) is 0.936. The second-order valence-electron chi connectivity index (χ2n) is 4.65. The van der Waals surface area contributed by atoms with Crippen molar-refractivity contribution in [1.82, 2.24) is 5.48 Å². The van der Waals surface area contributed by atoms with Gasteiger partial charge in [-0.3, -0.25) is 0 Å². The molecule has 98 valence electrons. The number of amidine groups is 1. The molecule has 0 bridgehead atoms. The van der Waals surface area contributed by atoms with E-state index in [1.165, 1.54) is 16.3 Å². The summed E-state index contributed by atoms with van der Waals surface area (Å²) in [5, 5.41) is 2.47. The molecule has 0 aromatic heterocycles. The number of fused-ring (bicyclic) bond motifs is 1. The lowest BCUT2D eigenvalue weighted by Gasteiger charge is -2.12. The van der Waals surface area contributed by atoms with Crippen LogP contribution >= 0.6 is 0 Å². The molecule has 1 heterocycles. The number of benzene rings is 2. The van der Waals surface area contributed by atoms with E-state index < -0.39 is 11.3 Å². The van der Waals surface area contributed by atoms with Crippen LogP contribution in [-0.4, -0.2) is 10.0 Å². The Balaban J connectivity index is 1.83. The summed E-state index contributed by atoms with van der Waals surface area (Å²) in [6, 6.07) is 14.7. The molecule has 1 unspecified atom stereocenters. The van der Waals surface area contributed by atoms with E-state index in [2.05, 4.69) is 47.1 Å². The Morgan fingerprint density at radius 1 is 1.26 bits per heavy atom. The monoisotopic (exact) mass is 274 g/mol. The van der Waals surface area contributed by atoms with Gasteiger partial charge in [0.05, 0.1) is 0 Å². The van der Waals surface area contributed by atoms with Gasteiger partial charge in [-0.2, -0.15) is 4.28 Å². The molecule has 1 N–H and O–H groups in total. The van der Waals surface area contributed by atoms with Crippen molar-refractivity contribution in [2.24, 2.45) is 4.40 Å². The van der Waals surface area contributed by atoms with Crippen LogP contribution in [0.15, 0.2) is 46.9 Å². The number of hydrogen-bond acceptors (Lipinski definition) is 3. The maximum atomic E-state index is 11.0. The van der Waals surface area contributed by atoms with E-state index in [1.54, 1.807) is 0 Å². The molecule has 0 aliphatic carbocycles. The van der Waals surface area contributed by atoms with Gasteiger partial charge in [0.1, 0.15) is 5.84 Å². The van der Waals surface area contributed by atoms with Gasteiger partial charge in [-0.1, -0.05) is 49.4 Å². The average Bonchev–Trinajstić information content (AvgIpc) is 2.83. The van der Waals surface area contributed by atoms with Gasteiger partial charge in [0, 0.05) is 6.42 Å². The molecule has 0 fully saturated rings. The summed E-state index contributed by atoms with van der Waals surface area (Å²) in [5.41, 5.74) is 3.83. The summed E-state index contributed by atoms with van der Waals surface area (Å²) in [6.45, 7) is 2.12. The van der Waals surface area contributed by atoms with Crippen molar-refractivity contribution in [2.75, 3.05) is 0 Å².